The quantitative estimate of drug-likeness (QED) is 0.814. The van der Waals surface area contributed by atoms with E-state index in [4.69, 9.17) is 27.9 Å². The highest BCUT2D eigenvalue weighted by Gasteiger charge is 2.07. The van der Waals surface area contributed by atoms with E-state index in [0.29, 0.717) is 22.3 Å². The third-order valence-electron chi connectivity index (χ3n) is 2.61. The Morgan fingerprint density at radius 2 is 2.15 bits per heavy atom. The van der Waals surface area contributed by atoms with Crippen LogP contribution in [-0.2, 0) is 6.54 Å². The Labute approximate surface area is 132 Å². The summed E-state index contributed by atoms with van der Waals surface area (Å²) in [5.74, 6) is 0.521. The third kappa shape index (κ3) is 4.96. The molecule has 3 nitrogen and oxygen atoms in total. The van der Waals surface area contributed by atoms with Gasteiger partial charge in [0.1, 0.15) is 18.5 Å². The van der Waals surface area contributed by atoms with Crippen LogP contribution in [0.2, 0.25) is 10.0 Å². The summed E-state index contributed by atoms with van der Waals surface area (Å²) in [5.41, 5.74) is 1.21. The lowest BCUT2D eigenvalue weighted by Crippen LogP contribution is -2.31. The van der Waals surface area contributed by atoms with E-state index in [2.05, 4.69) is 10.7 Å². The van der Waals surface area contributed by atoms with Gasteiger partial charge in [0.15, 0.2) is 0 Å². The molecule has 0 aliphatic rings. The van der Waals surface area contributed by atoms with Gasteiger partial charge in [-0.15, -0.1) is 0 Å². The molecule has 2 rings (SSSR count). The number of hydrogen-bond donors (Lipinski definition) is 2. The normalized spacial score (nSPS) is 12.3. The summed E-state index contributed by atoms with van der Waals surface area (Å²) in [5, 5.41) is 18.1. The molecule has 1 aromatic carbocycles. The SMILES string of the molecule is OC(CNCc1ccsc1)COc1ccc(Cl)cc1Cl. The van der Waals surface area contributed by atoms with Crippen molar-refractivity contribution in [3.8, 4) is 5.75 Å². The molecule has 0 spiro atoms. The van der Waals surface area contributed by atoms with Crippen molar-refractivity contribution in [2.45, 2.75) is 12.6 Å². The van der Waals surface area contributed by atoms with Crippen molar-refractivity contribution in [1.82, 2.24) is 5.32 Å². The molecule has 0 aliphatic heterocycles. The number of halogens is 2. The third-order valence-corrected chi connectivity index (χ3v) is 3.88. The number of rotatable bonds is 7. The number of benzene rings is 1. The highest BCUT2D eigenvalue weighted by Crippen LogP contribution is 2.27. The zero-order valence-electron chi connectivity index (χ0n) is 10.7. The molecule has 108 valence electrons. The molecule has 0 saturated heterocycles. The van der Waals surface area contributed by atoms with Crippen molar-refractivity contribution < 1.29 is 9.84 Å². The number of nitrogens with one attached hydrogen (secondary N) is 1. The van der Waals surface area contributed by atoms with Gasteiger partial charge in [0.25, 0.3) is 0 Å². The Morgan fingerprint density at radius 3 is 2.85 bits per heavy atom. The summed E-state index contributed by atoms with van der Waals surface area (Å²) >= 11 is 13.4. The van der Waals surface area contributed by atoms with Crippen LogP contribution in [0, 0.1) is 0 Å². The first-order valence-corrected chi connectivity index (χ1v) is 7.82. The highest BCUT2D eigenvalue weighted by molar-refractivity contribution is 7.07. The summed E-state index contributed by atoms with van der Waals surface area (Å²) in [6.07, 6.45) is -0.597. The Hall–Kier alpha value is -0.780. The van der Waals surface area contributed by atoms with E-state index in [9.17, 15) is 5.11 Å². The van der Waals surface area contributed by atoms with Gasteiger partial charge in [-0.1, -0.05) is 23.2 Å². The second-order valence-electron chi connectivity index (χ2n) is 4.30. The minimum atomic E-state index is -0.597. The Morgan fingerprint density at radius 1 is 1.30 bits per heavy atom. The summed E-state index contributed by atoms with van der Waals surface area (Å²) in [7, 11) is 0. The van der Waals surface area contributed by atoms with Crippen LogP contribution in [0.1, 0.15) is 5.56 Å². The van der Waals surface area contributed by atoms with Crippen molar-refractivity contribution in [2.24, 2.45) is 0 Å². The molecule has 6 heteroatoms. The van der Waals surface area contributed by atoms with Crippen molar-refractivity contribution in [1.29, 1.82) is 0 Å². The number of ether oxygens (including phenoxy) is 1. The molecule has 1 aromatic heterocycles. The maximum Gasteiger partial charge on any atom is 0.138 e. The van der Waals surface area contributed by atoms with Crippen molar-refractivity contribution in [2.75, 3.05) is 13.2 Å². The molecule has 1 heterocycles. The minimum absolute atomic E-state index is 0.179. The molecule has 0 saturated carbocycles. The molecule has 1 unspecified atom stereocenters. The fraction of sp³-hybridized carbons (Fsp3) is 0.286. The van der Waals surface area contributed by atoms with E-state index < -0.39 is 6.10 Å². The molecule has 0 bridgehead atoms. The summed E-state index contributed by atoms with van der Waals surface area (Å²) < 4.78 is 5.46. The van der Waals surface area contributed by atoms with Gasteiger partial charge in [0.2, 0.25) is 0 Å². The van der Waals surface area contributed by atoms with Crippen LogP contribution in [0.3, 0.4) is 0 Å². The molecular formula is C14H15Cl2NO2S. The lowest BCUT2D eigenvalue weighted by molar-refractivity contribution is 0.106. The largest absolute Gasteiger partial charge is 0.489 e. The summed E-state index contributed by atoms with van der Waals surface area (Å²) in [4.78, 5) is 0. The first-order valence-electron chi connectivity index (χ1n) is 6.13. The van der Waals surface area contributed by atoms with Gasteiger partial charge in [-0.3, -0.25) is 0 Å². The van der Waals surface area contributed by atoms with Crippen molar-refractivity contribution in [3.05, 3.63) is 50.6 Å². The average molecular weight is 332 g/mol. The maximum absolute atomic E-state index is 9.83. The maximum atomic E-state index is 9.83. The second-order valence-corrected chi connectivity index (χ2v) is 5.93. The van der Waals surface area contributed by atoms with E-state index in [-0.39, 0.29) is 6.61 Å². The summed E-state index contributed by atoms with van der Waals surface area (Å²) in [6, 6.07) is 7.05. The molecule has 1 atom stereocenters. The number of thiophene rings is 1. The van der Waals surface area contributed by atoms with Crippen molar-refractivity contribution in [3.63, 3.8) is 0 Å². The number of aliphatic hydroxyl groups is 1. The van der Waals surface area contributed by atoms with Crippen LogP contribution in [0.25, 0.3) is 0 Å². The van der Waals surface area contributed by atoms with Gasteiger partial charge in [-0.05, 0) is 40.6 Å². The average Bonchev–Trinajstić information content (AvgIpc) is 2.91. The van der Waals surface area contributed by atoms with Gasteiger partial charge in [0.05, 0.1) is 5.02 Å². The monoisotopic (exact) mass is 331 g/mol. The molecule has 0 fully saturated rings. The zero-order chi connectivity index (χ0) is 14.4. The first kappa shape index (κ1) is 15.6. The first-order chi connectivity index (χ1) is 9.65. The van der Waals surface area contributed by atoms with E-state index in [0.717, 1.165) is 6.54 Å². The van der Waals surface area contributed by atoms with Gasteiger partial charge >= 0.3 is 0 Å². The number of hydrogen-bond acceptors (Lipinski definition) is 4. The molecule has 2 aromatic rings. The van der Waals surface area contributed by atoms with Crippen molar-refractivity contribution >= 4 is 34.5 Å². The fourth-order valence-corrected chi connectivity index (χ4v) is 2.75. The number of aliphatic hydroxyl groups excluding tert-OH is 1. The van der Waals surface area contributed by atoms with Crippen LogP contribution in [0.15, 0.2) is 35.0 Å². The highest BCUT2D eigenvalue weighted by atomic mass is 35.5. The molecule has 20 heavy (non-hydrogen) atoms. The Bertz CT molecular complexity index is 534. The lowest BCUT2D eigenvalue weighted by Gasteiger charge is -2.14. The van der Waals surface area contributed by atoms with E-state index >= 15 is 0 Å². The second kappa shape index (κ2) is 7.86. The predicted octanol–water partition coefficient (Wildman–Crippen LogP) is 3.58. The molecule has 2 N–H and O–H groups in total. The van der Waals surface area contributed by atoms with Crippen LogP contribution < -0.4 is 10.1 Å². The lowest BCUT2D eigenvalue weighted by atomic mass is 10.3. The van der Waals surface area contributed by atoms with E-state index in [1.807, 2.05) is 11.4 Å². The molecule has 0 amide bonds. The van der Waals surface area contributed by atoms with Gasteiger partial charge in [-0.2, -0.15) is 11.3 Å². The van der Waals surface area contributed by atoms with Gasteiger partial charge in [-0.25, -0.2) is 0 Å². The van der Waals surface area contributed by atoms with Crippen LogP contribution >= 0.6 is 34.5 Å². The predicted molar refractivity (Wildman–Crippen MR) is 84.0 cm³/mol. The van der Waals surface area contributed by atoms with Gasteiger partial charge < -0.3 is 15.2 Å². The topological polar surface area (TPSA) is 41.5 Å². The van der Waals surface area contributed by atoms with Crippen LogP contribution in [0.4, 0.5) is 0 Å². The molecule has 0 aliphatic carbocycles. The fourth-order valence-electron chi connectivity index (χ4n) is 1.61. The smallest absolute Gasteiger partial charge is 0.138 e. The molecular weight excluding hydrogens is 317 g/mol. The van der Waals surface area contributed by atoms with Gasteiger partial charge in [0, 0.05) is 18.1 Å². The van der Waals surface area contributed by atoms with Crippen LogP contribution in [-0.4, -0.2) is 24.4 Å². The standard InChI is InChI=1S/C14H15Cl2NO2S/c15-11-1-2-14(13(16)5-11)19-8-12(18)7-17-6-10-3-4-20-9-10/h1-5,9,12,17-18H,6-8H2. The zero-order valence-corrected chi connectivity index (χ0v) is 13.0. The minimum Gasteiger partial charge on any atom is -0.489 e. The van der Waals surface area contributed by atoms with E-state index in [1.54, 1.807) is 29.5 Å². The Balaban J connectivity index is 1.70. The van der Waals surface area contributed by atoms with E-state index in [1.165, 1.54) is 5.56 Å². The van der Waals surface area contributed by atoms with Crippen LogP contribution in [0.5, 0.6) is 5.75 Å². The summed E-state index contributed by atoms with van der Waals surface area (Å²) in [6.45, 7) is 1.38. The Kier molecular flexibility index (Phi) is 6.13. The molecule has 0 radical (unpaired) electrons.